The highest BCUT2D eigenvalue weighted by Crippen LogP contribution is 2.70. The molecule has 28 heavy (non-hydrogen) atoms. The molecule has 0 N–H and O–H groups in total. The van der Waals surface area contributed by atoms with Crippen molar-refractivity contribution in [1.82, 2.24) is 0 Å². The zero-order valence-corrected chi connectivity index (χ0v) is 17.9. The van der Waals surface area contributed by atoms with Gasteiger partial charge in [0.25, 0.3) is 0 Å². The van der Waals surface area contributed by atoms with Crippen molar-refractivity contribution in [1.29, 1.82) is 0 Å². The Morgan fingerprint density at radius 1 is 1.11 bits per heavy atom. The van der Waals surface area contributed by atoms with E-state index in [1.165, 1.54) is 32.1 Å². The fourth-order valence-electron chi connectivity index (χ4n) is 6.58. The lowest BCUT2D eigenvalue weighted by Crippen LogP contribution is -2.28. The first-order valence-electron chi connectivity index (χ1n) is 11.0. The summed E-state index contributed by atoms with van der Waals surface area (Å²) in [6.07, 6.45) is 9.19. The summed E-state index contributed by atoms with van der Waals surface area (Å²) >= 11 is 0. The zero-order valence-electron chi connectivity index (χ0n) is 17.9. The highest BCUT2D eigenvalue weighted by Gasteiger charge is 2.62. The lowest BCUT2D eigenvalue weighted by Gasteiger charge is -2.36. The molecule has 3 aliphatic rings. The van der Waals surface area contributed by atoms with Gasteiger partial charge in [-0.05, 0) is 79.4 Å². The molecular formula is C25H35NO2. The molecule has 4 bridgehead atoms. The summed E-state index contributed by atoms with van der Waals surface area (Å²) in [4.78, 5) is 5.54. The Morgan fingerprint density at radius 3 is 2.68 bits per heavy atom. The van der Waals surface area contributed by atoms with Crippen molar-refractivity contribution in [2.75, 3.05) is 13.2 Å². The Bertz CT molecular complexity index is 751. The van der Waals surface area contributed by atoms with Crippen LogP contribution in [0.3, 0.4) is 0 Å². The van der Waals surface area contributed by atoms with E-state index in [0.717, 1.165) is 29.2 Å². The first-order valence-corrected chi connectivity index (χ1v) is 11.0. The Morgan fingerprint density at radius 2 is 1.89 bits per heavy atom. The number of nitrogens with zero attached hydrogens (tertiary/aromatic N) is 1. The maximum Gasteiger partial charge on any atom is 0.151 e. The lowest BCUT2D eigenvalue weighted by atomic mass is 9.68. The molecule has 0 heterocycles. The van der Waals surface area contributed by atoms with Crippen molar-refractivity contribution in [3.63, 3.8) is 0 Å². The monoisotopic (exact) mass is 381 g/mol. The van der Waals surface area contributed by atoms with Crippen LogP contribution in [0.15, 0.2) is 47.1 Å². The molecule has 4 rings (SSSR count). The zero-order chi connectivity index (χ0) is 19.8. The highest BCUT2D eigenvalue weighted by atomic mass is 16.6. The molecule has 1 aromatic carbocycles. The minimum absolute atomic E-state index is 0.370. The second kappa shape index (κ2) is 7.57. The van der Waals surface area contributed by atoms with Crippen molar-refractivity contribution in [2.45, 2.75) is 59.8 Å². The summed E-state index contributed by atoms with van der Waals surface area (Å²) in [6.45, 7) is 10.6. The van der Waals surface area contributed by atoms with Crippen molar-refractivity contribution in [3.05, 3.63) is 42.0 Å². The van der Waals surface area contributed by atoms with Gasteiger partial charge in [-0.25, -0.2) is 0 Å². The molecule has 0 aromatic heterocycles. The van der Waals surface area contributed by atoms with Crippen LogP contribution < -0.4 is 4.74 Å². The van der Waals surface area contributed by atoms with Gasteiger partial charge in [0.1, 0.15) is 12.4 Å². The van der Waals surface area contributed by atoms with Gasteiger partial charge in [-0.1, -0.05) is 56.1 Å². The number of hydrogen-bond acceptors (Lipinski definition) is 3. The van der Waals surface area contributed by atoms with Gasteiger partial charge < -0.3 is 9.57 Å². The quantitative estimate of drug-likeness (QED) is 0.331. The van der Waals surface area contributed by atoms with E-state index in [-0.39, 0.29) is 0 Å². The van der Waals surface area contributed by atoms with E-state index in [4.69, 9.17) is 9.57 Å². The van der Waals surface area contributed by atoms with Gasteiger partial charge in [-0.3, -0.25) is 0 Å². The standard InChI is InChI=1S/C25H35NO2/c1-18(26-28-16-15-27-19-9-6-5-7-10-19)17-22-20-11-12-21-23(20)24(2,3)13-8-14-25(21,22)4/h5-7,9-10,17,20-21,23H,8,11-16H2,1-4H3/b22-17-,26-18+/t20-,21-,23+,25+/m1/s1. The van der Waals surface area contributed by atoms with Crippen molar-refractivity contribution in [3.8, 4) is 5.75 Å². The first-order chi connectivity index (χ1) is 13.4. The van der Waals surface area contributed by atoms with E-state index in [1.807, 2.05) is 30.3 Å². The van der Waals surface area contributed by atoms with Crippen LogP contribution >= 0.6 is 0 Å². The number of oxime groups is 1. The number of allylic oxidation sites excluding steroid dienone is 2. The number of para-hydroxylation sites is 1. The van der Waals surface area contributed by atoms with Crippen LogP contribution in [0.1, 0.15) is 59.8 Å². The molecule has 3 nitrogen and oxygen atoms in total. The fourth-order valence-corrected chi connectivity index (χ4v) is 6.58. The topological polar surface area (TPSA) is 30.8 Å². The molecule has 1 aromatic rings. The third kappa shape index (κ3) is 3.49. The number of ether oxygens (including phenoxy) is 1. The molecule has 0 unspecified atom stereocenters. The third-order valence-corrected chi connectivity index (χ3v) is 7.71. The van der Waals surface area contributed by atoms with Crippen LogP contribution in [0.25, 0.3) is 0 Å². The molecule has 152 valence electrons. The summed E-state index contributed by atoms with van der Waals surface area (Å²) in [5, 5.41) is 4.37. The third-order valence-electron chi connectivity index (χ3n) is 7.71. The Kier molecular flexibility index (Phi) is 5.28. The Hall–Kier alpha value is -1.77. The smallest absolute Gasteiger partial charge is 0.151 e. The second-order valence-electron chi connectivity index (χ2n) is 9.90. The molecule has 3 heteroatoms. The van der Waals surface area contributed by atoms with Crippen LogP contribution in [0.5, 0.6) is 5.75 Å². The average molecular weight is 382 g/mol. The summed E-state index contributed by atoms with van der Waals surface area (Å²) in [6, 6.07) is 9.84. The van der Waals surface area contributed by atoms with Gasteiger partial charge in [-0.2, -0.15) is 0 Å². The summed E-state index contributed by atoms with van der Waals surface area (Å²) in [5.74, 6) is 3.32. The fraction of sp³-hybridized carbons (Fsp3) is 0.640. The Balaban J connectivity index is 1.40. The van der Waals surface area contributed by atoms with Gasteiger partial charge in [-0.15, -0.1) is 0 Å². The van der Waals surface area contributed by atoms with Crippen molar-refractivity contribution >= 4 is 5.71 Å². The molecule has 0 saturated heterocycles. The van der Waals surface area contributed by atoms with Gasteiger partial charge in [0.05, 0.1) is 5.71 Å². The average Bonchev–Trinajstić information content (AvgIpc) is 3.17. The SMILES string of the molecule is CC(/C=C1/[C@H]2CC[C@@H]3[C@H]2C(C)(C)CCC[C@]13C)=N\OCCOc1ccccc1. The summed E-state index contributed by atoms with van der Waals surface area (Å²) < 4.78 is 5.66. The molecule has 0 radical (unpaired) electrons. The molecule has 3 saturated carbocycles. The van der Waals surface area contributed by atoms with E-state index < -0.39 is 0 Å². The first kappa shape index (κ1) is 19.5. The normalized spacial score (nSPS) is 35.1. The largest absolute Gasteiger partial charge is 0.490 e. The molecule has 4 atom stereocenters. The predicted molar refractivity (Wildman–Crippen MR) is 115 cm³/mol. The van der Waals surface area contributed by atoms with E-state index >= 15 is 0 Å². The van der Waals surface area contributed by atoms with Gasteiger partial charge in [0.2, 0.25) is 0 Å². The highest BCUT2D eigenvalue weighted by molar-refractivity contribution is 5.93. The minimum Gasteiger partial charge on any atom is -0.490 e. The number of rotatable bonds is 6. The lowest BCUT2D eigenvalue weighted by molar-refractivity contribution is 0.107. The van der Waals surface area contributed by atoms with Crippen molar-refractivity contribution in [2.24, 2.45) is 33.7 Å². The maximum atomic E-state index is 5.66. The molecule has 0 aliphatic heterocycles. The van der Waals surface area contributed by atoms with Crippen LogP contribution in [0.2, 0.25) is 0 Å². The van der Waals surface area contributed by atoms with Gasteiger partial charge in [0, 0.05) is 0 Å². The van der Waals surface area contributed by atoms with Crippen molar-refractivity contribution < 1.29 is 9.57 Å². The van der Waals surface area contributed by atoms with Crippen LogP contribution in [-0.2, 0) is 4.84 Å². The van der Waals surface area contributed by atoms with E-state index in [1.54, 1.807) is 5.57 Å². The van der Waals surface area contributed by atoms with E-state index in [9.17, 15) is 0 Å². The molecular weight excluding hydrogens is 346 g/mol. The predicted octanol–water partition coefficient (Wildman–Crippen LogP) is 6.26. The number of hydrogen-bond donors (Lipinski definition) is 0. The second-order valence-corrected chi connectivity index (χ2v) is 9.90. The van der Waals surface area contributed by atoms with Crippen LogP contribution in [0.4, 0.5) is 0 Å². The molecule has 3 aliphatic carbocycles. The summed E-state index contributed by atoms with van der Waals surface area (Å²) in [5.41, 5.74) is 3.49. The number of benzene rings is 1. The summed E-state index contributed by atoms with van der Waals surface area (Å²) in [7, 11) is 0. The van der Waals surface area contributed by atoms with E-state index in [2.05, 4.69) is 38.9 Å². The van der Waals surface area contributed by atoms with Crippen LogP contribution in [-0.4, -0.2) is 18.9 Å². The van der Waals surface area contributed by atoms with Gasteiger partial charge in [0.15, 0.2) is 6.61 Å². The van der Waals surface area contributed by atoms with E-state index in [0.29, 0.717) is 24.0 Å². The Labute approximate surface area is 170 Å². The molecule has 3 fully saturated rings. The minimum atomic E-state index is 0.370. The molecule has 0 spiro atoms. The maximum absolute atomic E-state index is 5.66. The molecule has 0 amide bonds. The van der Waals surface area contributed by atoms with Crippen LogP contribution in [0, 0.1) is 28.6 Å². The van der Waals surface area contributed by atoms with Gasteiger partial charge >= 0.3 is 0 Å².